The van der Waals surface area contributed by atoms with E-state index in [1.54, 1.807) is 11.5 Å². The molecule has 0 bridgehead atoms. The van der Waals surface area contributed by atoms with Crippen molar-refractivity contribution in [3.8, 4) is 17.2 Å². The molecule has 0 N–H and O–H groups in total. The molecule has 206 valence electrons. The van der Waals surface area contributed by atoms with Gasteiger partial charge in [0.2, 0.25) is 0 Å². The lowest BCUT2D eigenvalue weighted by Gasteiger charge is -2.26. The van der Waals surface area contributed by atoms with Crippen molar-refractivity contribution in [1.29, 1.82) is 0 Å². The van der Waals surface area contributed by atoms with Crippen LogP contribution in [0.25, 0.3) is 22.1 Å². The maximum absolute atomic E-state index is 13.1. The van der Waals surface area contributed by atoms with Gasteiger partial charge in [0.25, 0.3) is 5.56 Å². The number of fused-ring (bicyclic) bond motifs is 3. The zero-order chi connectivity index (χ0) is 28.4. The Morgan fingerprint density at radius 2 is 1.54 bits per heavy atom. The molecule has 41 heavy (non-hydrogen) atoms. The van der Waals surface area contributed by atoms with Crippen LogP contribution in [0, 0.1) is 0 Å². The summed E-state index contributed by atoms with van der Waals surface area (Å²) in [5.41, 5.74) is 4.80. The number of benzene rings is 4. The van der Waals surface area contributed by atoms with Crippen molar-refractivity contribution in [1.82, 2.24) is 9.38 Å². The third kappa shape index (κ3) is 5.28. The second-order valence-corrected chi connectivity index (χ2v) is 11.3. The zero-order valence-electron chi connectivity index (χ0n) is 23.2. The van der Waals surface area contributed by atoms with Gasteiger partial charge in [-0.1, -0.05) is 85.8 Å². The summed E-state index contributed by atoms with van der Waals surface area (Å²) in [6.45, 7) is 5.20. The summed E-state index contributed by atoms with van der Waals surface area (Å²) in [5, 5.41) is 0. The largest absolute Gasteiger partial charge is 0.493 e. The predicted octanol–water partition coefficient (Wildman–Crippen LogP) is 6.25. The fourth-order valence-corrected chi connectivity index (χ4v) is 5.94. The van der Waals surface area contributed by atoms with Crippen molar-refractivity contribution in [2.45, 2.75) is 19.3 Å². The second-order valence-electron chi connectivity index (χ2n) is 10.3. The van der Waals surface area contributed by atoms with E-state index < -0.39 is 0 Å². The fraction of sp³-hybridized carbons (Fsp3) is 0.176. The number of aromatic nitrogens is 2. The molecule has 4 aromatic carbocycles. The lowest BCUT2D eigenvalue weighted by atomic mass is 9.78. The number of hydrogen-bond donors (Lipinski definition) is 0. The molecule has 0 aliphatic rings. The van der Waals surface area contributed by atoms with Gasteiger partial charge in [-0.2, -0.15) is 0 Å². The summed E-state index contributed by atoms with van der Waals surface area (Å²) in [6.07, 6.45) is 1.86. The Bertz CT molecular complexity index is 1930. The minimum atomic E-state index is -0.0958. The van der Waals surface area contributed by atoms with Gasteiger partial charge in [-0.15, -0.1) is 0 Å². The molecule has 2 heterocycles. The van der Waals surface area contributed by atoms with Gasteiger partial charge in [0.1, 0.15) is 19.0 Å². The Labute approximate surface area is 242 Å². The van der Waals surface area contributed by atoms with E-state index in [1.807, 2.05) is 66.7 Å². The van der Waals surface area contributed by atoms with Gasteiger partial charge in [0.05, 0.1) is 22.7 Å². The van der Waals surface area contributed by atoms with Gasteiger partial charge in [-0.25, -0.2) is 9.38 Å². The molecule has 7 heteroatoms. The van der Waals surface area contributed by atoms with Gasteiger partial charge in [0, 0.05) is 5.41 Å². The van der Waals surface area contributed by atoms with Crippen molar-refractivity contribution < 1.29 is 14.2 Å². The number of para-hydroxylation sites is 2. The molecule has 0 spiro atoms. The predicted molar refractivity (Wildman–Crippen MR) is 165 cm³/mol. The van der Waals surface area contributed by atoms with Crippen molar-refractivity contribution in [3.63, 3.8) is 0 Å². The third-order valence-corrected chi connectivity index (χ3v) is 8.28. The molecule has 0 atom stereocenters. The van der Waals surface area contributed by atoms with Crippen LogP contribution in [0.3, 0.4) is 0 Å². The molecule has 6 nitrogen and oxygen atoms in total. The average Bonchev–Trinajstić information content (AvgIpc) is 3.52. The highest BCUT2D eigenvalue weighted by molar-refractivity contribution is 7.15. The van der Waals surface area contributed by atoms with Gasteiger partial charge in [0.15, 0.2) is 16.5 Å². The SMILES string of the molecule is COc1cc(/C=c2/sc3nc4ccccc4n3c2=O)ccc1OCCOc1ccc(C(C)(C)c2ccccc2)cc1. The lowest BCUT2D eigenvalue weighted by Crippen LogP contribution is -2.22. The first kappa shape index (κ1) is 26.6. The number of methoxy groups -OCH3 is 1. The van der Waals surface area contributed by atoms with Crippen LogP contribution in [-0.4, -0.2) is 29.7 Å². The van der Waals surface area contributed by atoms with E-state index >= 15 is 0 Å². The molecule has 0 amide bonds. The van der Waals surface area contributed by atoms with Crippen LogP contribution < -0.4 is 24.3 Å². The number of hydrogen-bond acceptors (Lipinski definition) is 6. The first-order chi connectivity index (χ1) is 19.9. The zero-order valence-corrected chi connectivity index (χ0v) is 24.0. The Kier molecular flexibility index (Phi) is 7.20. The maximum atomic E-state index is 13.1. The van der Waals surface area contributed by atoms with Gasteiger partial charge < -0.3 is 14.2 Å². The Morgan fingerprint density at radius 1 is 0.829 bits per heavy atom. The molecule has 2 aromatic heterocycles. The van der Waals surface area contributed by atoms with Gasteiger partial charge >= 0.3 is 0 Å². The summed E-state index contributed by atoms with van der Waals surface area (Å²) in [6, 6.07) is 32.0. The fourth-order valence-electron chi connectivity index (χ4n) is 4.96. The molecule has 0 aliphatic carbocycles. The minimum absolute atomic E-state index is 0.0770. The normalized spacial score (nSPS) is 12.2. The molecule has 0 saturated carbocycles. The molecule has 0 unspecified atom stereocenters. The molecular formula is C34H30N2O4S. The highest BCUT2D eigenvalue weighted by Gasteiger charge is 2.22. The maximum Gasteiger partial charge on any atom is 0.274 e. The Morgan fingerprint density at radius 3 is 2.32 bits per heavy atom. The standard InChI is InChI=1S/C34H30N2O4S/c1-34(2,24-9-5-4-6-10-24)25-14-16-26(17-15-25)39-19-20-40-29-18-13-23(21-30(29)38-3)22-31-32(37)36-28-12-8-7-11-27(28)35-33(36)41-31/h4-18,21-22H,19-20H2,1-3H3/b31-22+. The lowest BCUT2D eigenvalue weighted by molar-refractivity contribution is 0.211. The Balaban J connectivity index is 1.10. The van der Waals surface area contributed by atoms with Crippen LogP contribution in [0.5, 0.6) is 17.2 Å². The third-order valence-electron chi connectivity index (χ3n) is 7.31. The molecule has 6 aromatic rings. The average molecular weight is 563 g/mol. The van der Waals surface area contributed by atoms with Crippen LogP contribution in [0.4, 0.5) is 0 Å². The Hall–Kier alpha value is -4.62. The number of ether oxygens (including phenoxy) is 3. The van der Waals surface area contributed by atoms with Gasteiger partial charge in [-0.05, 0) is 59.2 Å². The summed E-state index contributed by atoms with van der Waals surface area (Å²) in [5.74, 6) is 2.00. The second kappa shape index (κ2) is 11.1. The van der Waals surface area contributed by atoms with E-state index in [9.17, 15) is 4.79 Å². The van der Waals surface area contributed by atoms with Gasteiger partial charge in [-0.3, -0.25) is 4.79 Å². The topological polar surface area (TPSA) is 62.1 Å². The monoisotopic (exact) mass is 562 g/mol. The van der Waals surface area contributed by atoms with Crippen molar-refractivity contribution in [2.24, 2.45) is 0 Å². The summed E-state index contributed by atoms with van der Waals surface area (Å²) in [7, 11) is 1.60. The highest BCUT2D eigenvalue weighted by Crippen LogP contribution is 2.32. The van der Waals surface area contributed by atoms with E-state index in [0.717, 1.165) is 22.3 Å². The molecule has 0 radical (unpaired) electrons. The quantitative estimate of drug-likeness (QED) is 0.195. The number of rotatable bonds is 9. The van der Waals surface area contributed by atoms with Crippen molar-refractivity contribution >= 4 is 33.4 Å². The number of nitrogens with zero attached hydrogens (tertiary/aromatic N) is 2. The van der Waals surface area contributed by atoms with Crippen LogP contribution in [0.15, 0.2) is 102 Å². The summed E-state index contributed by atoms with van der Waals surface area (Å²) in [4.78, 5) is 18.4. The smallest absolute Gasteiger partial charge is 0.274 e. The van der Waals surface area contributed by atoms with Crippen LogP contribution >= 0.6 is 11.3 Å². The summed E-state index contributed by atoms with van der Waals surface area (Å²) < 4.78 is 19.7. The van der Waals surface area contributed by atoms with Crippen LogP contribution in [-0.2, 0) is 5.41 Å². The van der Waals surface area contributed by atoms with Crippen molar-refractivity contribution in [3.05, 3.63) is 129 Å². The highest BCUT2D eigenvalue weighted by atomic mass is 32.1. The minimum Gasteiger partial charge on any atom is -0.493 e. The van der Waals surface area contributed by atoms with Crippen molar-refractivity contribution in [2.75, 3.05) is 20.3 Å². The molecule has 6 rings (SSSR count). The van der Waals surface area contributed by atoms with E-state index in [0.29, 0.717) is 34.2 Å². The number of imidazole rings is 1. The summed E-state index contributed by atoms with van der Waals surface area (Å²) >= 11 is 1.37. The molecule has 0 saturated heterocycles. The number of thiazole rings is 1. The van der Waals surface area contributed by atoms with E-state index in [2.05, 4.69) is 55.2 Å². The van der Waals surface area contributed by atoms with E-state index in [1.165, 1.54) is 22.5 Å². The van der Waals surface area contributed by atoms with E-state index in [4.69, 9.17) is 14.2 Å². The molecule has 0 fully saturated rings. The van der Waals surface area contributed by atoms with Crippen LogP contribution in [0.2, 0.25) is 0 Å². The molecule has 0 aliphatic heterocycles. The molecular weight excluding hydrogens is 532 g/mol. The van der Waals surface area contributed by atoms with Crippen LogP contribution in [0.1, 0.15) is 30.5 Å². The first-order valence-electron chi connectivity index (χ1n) is 13.5. The van der Waals surface area contributed by atoms with E-state index in [-0.39, 0.29) is 11.0 Å². The first-order valence-corrected chi connectivity index (χ1v) is 14.3.